The van der Waals surface area contributed by atoms with Gasteiger partial charge in [0.15, 0.2) is 17.3 Å². The first-order chi connectivity index (χ1) is 12.2. The van der Waals surface area contributed by atoms with E-state index in [9.17, 15) is 0 Å². The first kappa shape index (κ1) is 15.7. The minimum atomic E-state index is 0.506. The lowest BCUT2D eigenvalue weighted by atomic mass is 10.1. The number of benzene rings is 1. The molecule has 7 heteroatoms. The van der Waals surface area contributed by atoms with Crippen LogP contribution >= 0.6 is 0 Å². The van der Waals surface area contributed by atoms with Crippen molar-refractivity contribution in [3.05, 3.63) is 52.9 Å². The number of aryl methyl sites for hydroxylation is 2. The van der Waals surface area contributed by atoms with E-state index in [1.54, 1.807) is 14.2 Å². The van der Waals surface area contributed by atoms with E-state index in [1.807, 2.05) is 22.9 Å². The van der Waals surface area contributed by atoms with Crippen LogP contribution in [0.5, 0.6) is 11.5 Å². The van der Waals surface area contributed by atoms with E-state index in [2.05, 4.69) is 21.4 Å². The molecule has 2 aromatic heterocycles. The molecule has 0 amide bonds. The molecule has 0 saturated heterocycles. The average Bonchev–Trinajstić information content (AvgIpc) is 3.32. The van der Waals surface area contributed by atoms with Gasteiger partial charge in [0, 0.05) is 12.6 Å². The van der Waals surface area contributed by atoms with Crippen molar-refractivity contribution in [2.24, 2.45) is 0 Å². The van der Waals surface area contributed by atoms with Crippen molar-refractivity contribution in [3.63, 3.8) is 0 Å². The molecule has 0 N–H and O–H groups in total. The molecule has 0 unspecified atom stereocenters. The third-order valence-corrected chi connectivity index (χ3v) is 4.40. The summed E-state index contributed by atoms with van der Waals surface area (Å²) in [6, 6.07) is 5.77. The maximum atomic E-state index is 5.37. The molecule has 25 heavy (non-hydrogen) atoms. The quantitative estimate of drug-likeness (QED) is 0.686. The van der Waals surface area contributed by atoms with Gasteiger partial charge >= 0.3 is 0 Å². The molecule has 2 heterocycles. The highest BCUT2D eigenvalue weighted by Crippen LogP contribution is 2.28. The lowest BCUT2D eigenvalue weighted by Crippen LogP contribution is -2.02. The summed E-state index contributed by atoms with van der Waals surface area (Å²) in [6.07, 6.45) is 6.04. The summed E-state index contributed by atoms with van der Waals surface area (Å²) < 4.78 is 17.8. The van der Waals surface area contributed by atoms with E-state index in [-0.39, 0.29) is 0 Å². The van der Waals surface area contributed by atoms with Gasteiger partial charge in [-0.3, -0.25) is 4.68 Å². The van der Waals surface area contributed by atoms with Crippen LogP contribution in [-0.4, -0.2) is 34.1 Å². The van der Waals surface area contributed by atoms with Gasteiger partial charge < -0.3 is 14.0 Å². The summed E-state index contributed by atoms with van der Waals surface area (Å²) in [5.41, 5.74) is 3.57. The van der Waals surface area contributed by atoms with E-state index in [0.717, 1.165) is 18.4 Å². The lowest BCUT2D eigenvalue weighted by Gasteiger charge is -2.08. The van der Waals surface area contributed by atoms with Crippen molar-refractivity contribution in [1.29, 1.82) is 0 Å². The maximum Gasteiger partial charge on any atom is 0.248 e. The highest BCUT2D eigenvalue weighted by atomic mass is 16.5. The van der Waals surface area contributed by atoms with Gasteiger partial charge in [-0.05, 0) is 42.5 Å². The second kappa shape index (κ2) is 6.58. The molecular formula is C18H20N4O3. The molecule has 0 saturated carbocycles. The number of aromatic nitrogens is 4. The van der Waals surface area contributed by atoms with Gasteiger partial charge in [-0.15, -0.1) is 0 Å². The Hall–Kier alpha value is -2.83. The third-order valence-electron chi connectivity index (χ3n) is 4.40. The van der Waals surface area contributed by atoms with Crippen LogP contribution in [0.25, 0.3) is 0 Å². The number of methoxy groups -OCH3 is 2. The van der Waals surface area contributed by atoms with Crippen LogP contribution in [0.1, 0.15) is 35.0 Å². The third kappa shape index (κ3) is 3.22. The predicted molar refractivity (Wildman–Crippen MR) is 90.0 cm³/mol. The highest BCUT2D eigenvalue weighted by molar-refractivity contribution is 5.43. The van der Waals surface area contributed by atoms with Gasteiger partial charge in [0.1, 0.15) is 6.54 Å². The zero-order chi connectivity index (χ0) is 17.2. The summed E-state index contributed by atoms with van der Waals surface area (Å²) in [4.78, 5) is 4.47. The van der Waals surface area contributed by atoms with Crippen LogP contribution in [0.3, 0.4) is 0 Å². The molecule has 0 spiro atoms. The SMILES string of the molecule is COc1ccc(Cc2noc(Cn3cc4c(n3)CCC4)n2)cc1OC. The van der Waals surface area contributed by atoms with Crippen molar-refractivity contribution in [2.75, 3.05) is 14.2 Å². The fraction of sp³-hybridized carbons (Fsp3) is 0.389. The average molecular weight is 340 g/mol. The number of hydrogen-bond acceptors (Lipinski definition) is 6. The van der Waals surface area contributed by atoms with E-state index < -0.39 is 0 Å². The molecule has 0 atom stereocenters. The highest BCUT2D eigenvalue weighted by Gasteiger charge is 2.16. The molecule has 3 aromatic rings. The molecular weight excluding hydrogens is 320 g/mol. The summed E-state index contributed by atoms with van der Waals surface area (Å²) in [5, 5.41) is 8.65. The Labute approximate surface area is 145 Å². The molecule has 4 rings (SSSR count). The van der Waals surface area contributed by atoms with Crippen LogP contribution in [0.15, 0.2) is 28.9 Å². The minimum Gasteiger partial charge on any atom is -0.493 e. The molecule has 130 valence electrons. The van der Waals surface area contributed by atoms with Crippen molar-refractivity contribution in [3.8, 4) is 11.5 Å². The number of fused-ring (bicyclic) bond motifs is 1. The Balaban J connectivity index is 1.45. The monoisotopic (exact) mass is 340 g/mol. The molecule has 1 aliphatic carbocycles. The van der Waals surface area contributed by atoms with E-state index in [0.29, 0.717) is 36.2 Å². The van der Waals surface area contributed by atoms with Crippen LogP contribution in [0, 0.1) is 0 Å². The number of ether oxygens (including phenoxy) is 2. The van der Waals surface area contributed by atoms with E-state index in [1.165, 1.54) is 17.7 Å². The second-order valence-corrected chi connectivity index (χ2v) is 6.12. The molecule has 1 aromatic carbocycles. The number of rotatable bonds is 6. The van der Waals surface area contributed by atoms with Gasteiger partial charge in [0.05, 0.1) is 19.9 Å². The van der Waals surface area contributed by atoms with Gasteiger partial charge in [-0.25, -0.2) is 0 Å². The zero-order valence-electron chi connectivity index (χ0n) is 14.4. The van der Waals surface area contributed by atoms with Crippen molar-refractivity contribution >= 4 is 0 Å². The Morgan fingerprint density at radius 1 is 1.16 bits per heavy atom. The molecule has 1 aliphatic rings. The summed E-state index contributed by atoms with van der Waals surface area (Å²) >= 11 is 0. The first-order valence-electron chi connectivity index (χ1n) is 8.32. The van der Waals surface area contributed by atoms with Gasteiger partial charge in [0.2, 0.25) is 5.89 Å². The first-order valence-corrected chi connectivity index (χ1v) is 8.32. The maximum absolute atomic E-state index is 5.37. The topological polar surface area (TPSA) is 75.2 Å². The lowest BCUT2D eigenvalue weighted by molar-refractivity contribution is 0.354. The van der Waals surface area contributed by atoms with Gasteiger partial charge in [-0.2, -0.15) is 10.1 Å². The Morgan fingerprint density at radius 2 is 2.04 bits per heavy atom. The van der Waals surface area contributed by atoms with Crippen LogP contribution in [0.2, 0.25) is 0 Å². The molecule has 0 radical (unpaired) electrons. The minimum absolute atomic E-state index is 0.506. The fourth-order valence-corrected chi connectivity index (χ4v) is 3.19. The Bertz CT molecular complexity index is 863. The summed E-state index contributed by atoms with van der Waals surface area (Å²) in [6.45, 7) is 0.506. The second-order valence-electron chi connectivity index (χ2n) is 6.12. The van der Waals surface area contributed by atoms with Gasteiger partial charge in [-0.1, -0.05) is 11.2 Å². The molecule has 7 nitrogen and oxygen atoms in total. The van der Waals surface area contributed by atoms with Crippen molar-refractivity contribution in [1.82, 2.24) is 19.9 Å². The Morgan fingerprint density at radius 3 is 2.84 bits per heavy atom. The Kier molecular flexibility index (Phi) is 4.13. The summed E-state index contributed by atoms with van der Waals surface area (Å²) in [5.74, 6) is 2.60. The predicted octanol–water partition coefficient (Wildman–Crippen LogP) is 2.41. The van der Waals surface area contributed by atoms with Gasteiger partial charge in [0.25, 0.3) is 0 Å². The number of nitrogens with zero attached hydrogens (tertiary/aromatic N) is 4. The smallest absolute Gasteiger partial charge is 0.248 e. The normalized spacial score (nSPS) is 13.0. The number of hydrogen-bond donors (Lipinski definition) is 0. The van der Waals surface area contributed by atoms with E-state index >= 15 is 0 Å². The standard InChI is InChI=1S/C18H20N4O3/c1-23-15-7-6-12(8-16(15)24-2)9-17-19-18(25-21-17)11-22-10-13-4-3-5-14(13)20-22/h6-8,10H,3-5,9,11H2,1-2H3. The van der Waals surface area contributed by atoms with Crippen LogP contribution in [0.4, 0.5) is 0 Å². The van der Waals surface area contributed by atoms with Crippen molar-refractivity contribution in [2.45, 2.75) is 32.2 Å². The van der Waals surface area contributed by atoms with Crippen molar-refractivity contribution < 1.29 is 14.0 Å². The largest absolute Gasteiger partial charge is 0.493 e. The van der Waals surface area contributed by atoms with E-state index in [4.69, 9.17) is 14.0 Å². The van der Waals surface area contributed by atoms with Crippen LogP contribution < -0.4 is 9.47 Å². The summed E-state index contributed by atoms with van der Waals surface area (Å²) in [7, 11) is 3.24. The molecule has 0 fully saturated rings. The fourth-order valence-electron chi connectivity index (χ4n) is 3.19. The van der Waals surface area contributed by atoms with Crippen LogP contribution in [-0.2, 0) is 25.8 Å². The molecule has 0 aliphatic heterocycles. The zero-order valence-corrected chi connectivity index (χ0v) is 14.4. The molecule has 0 bridgehead atoms.